The molecular weight excluding hydrogens is 482 g/mol. The van der Waals surface area contributed by atoms with Gasteiger partial charge in [0.15, 0.2) is 0 Å². The Balaban J connectivity index is 1.02. The molecule has 0 saturated carbocycles. The summed E-state index contributed by atoms with van der Waals surface area (Å²) < 4.78 is 7.56. The van der Waals surface area contributed by atoms with E-state index < -0.39 is 6.23 Å². The number of ether oxygens (including phenoxy) is 1. The number of para-hydroxylation sites is 1. The molecule has 1 amide bonds. The van der Waals surface area contributed by atoms with Crippen LogP contribution in [-0.2, 0) is 11.2 Å². The molecule has 0 spiro atoms. The number of likely N-dealkylation sites (tertiary alicyclic amines) is 3. The molecule has 3 fully saturated rings. The van der Waals surface area contributed by atoms with Gasteiger partial charge in [0.2, 0.25) is 0 Å². The summed E-state index contributed by atoms with van der Waals surface area (Å²) in [4.78, 5) is 19.1. The third-order valence-corrected chi connectivity index (χ3v) is 9.27. The Hall–Kier alpha value is -2.36. The van der Waals surface area contributed by atoms with Crippen molar-refractivity contribution >= 4 is 17.8 Å². The maximum Gasteiger partial charge on any atom is 0.447 e. The summed E-state index contributed by atoms with van der Waals surface area (Å²) in [6, 6.07) is 9.01. The molecular formula is C29H46N5O4+. The number of piperidine rings is 3. The number of hydrogen-bond donors (Lipinski definition) is 3. The smallest absolute Gasteiger partial charge is 0.447 e. The minimum atomic E-state index is -0.755. The fourth-order valence-corrected chi connectivity index (χ4v) is 6.50. The Morgan fingerprint density at radius 3 is 2.47 bits per heavy atom. The van der Waals surface area contributed by atoms with Gasteiger partial charge in [-0.15, -0.1) is 0 Å². The molecule has 0 bridgehead atoms. The molecule has 3 N–H and O–H groups in total. The average Bonchev–Trinajstić information content (AvgIpc) is 3.10. The van der Waals surface area contributed by atoms with Crippen LogP contribution in [0.15, 0.2) is 24.3 Å². The highest BCUT2D eigenvalue weighted by Gasteiger charge is 2.34. The largest absolute Gasteiger partial charge is 0.447 e. The van der Waals surface area contributed by atoms with Crippen molar-refractivity contribution in [2.45, 2.75) is 77.1 Å². The molecule has 0 aliphatic carbocycles. The van der Waals surface area contributed by atoms with Gasteiger partial charge >= 0.3 is 12.1 Å². The molecule has 210 valence electrons. The number of rotatable bonds is 5. The standard InChI is InChI=1S/C29H45N5O4/c1-29(2)12-19-31(20-13-29)23-8-14-32(15-9-23)26(35)21-38-28(37)33-16-10-24(11-17-33)34-18-7-22-5-3-4-6-25(22)30-27(34)36/h3-6,23-24,26,35H,7-21H2,1-2H3,(H,30,36)/p+1. The van der Waals surface area contributed by atoms with Crippen molar-refractivity contribution in [3.05, 3.63) is 29.8 Å². The minimum absolute atomic E-state index is 0.00417. The van der Waals surface area contributed by atoms with Crippen molar-refractivity contribution in [2.24, 2.45) is 5.41 Å². The van der Waals surface area contributed by atoms with Crippen LogP contribution in [-0.4, -0.2) is 112 Å². The summed E-state index contributed by atoms with van der Waals surface area (Å²) in [6.45, 7) is 10.6. The molecule has 1 unspecified atom stereocenters. The molecule has 4 aliphatic heterocycles. The maximum absolute atomic E-state index is 12.7. The van der Waals surface area contributed by atoms with Crippen LogP contribution in [0.2, 0.25) is 0 Å². The zero-order chi connectivity index (χ0) is 26.7. The summed E-state index contributed by atoms with van der Waals surface area (Å²) >= 11 is 0. The number of nitrogens with zero attached hydrogens (tertiary/aromatic N) is 4. The van der Waals surface area contributed by atoms with Crippen molar-refractivity contribution in [2.75, 3.05) is 57.7 Å². The molecule has 1 aromatic rings. The highest BCUT2D eigenvalue weighted by atomic mass is 16.6. The van der Waals surface area contributed by atoms with E-state index >= 15 is 0 Å². The van der Waals surface area contributed by atoms with E-state index in [9.17, 15) is 15.0 Å². The highest BCUT2D eigenvalue weighted by Crippen LogP contribution is 2.32. The molecule has 38 heavy (non-hydrogen) atoms. The van der Waals surface area contributed by atoms with Gasteiger partial charge in [0.1, 0.15) is 24.6 Å². The third kappa shape index (κ3) is 6.43. The molecule has 0 aromatic heterocycles. The van der Waals surface area contributed by atoms with E-state index in [4.69, 9.17) is 4.74 Å². The number of amidine groups is 1. The monoisotopic (exact) mass is 528 g/mol. The van der Waals surface area contributed by atoms with Crippen molar-refractivity contribution in [3.63, 3.8) is 0 Å². The molecule has 3 saturated heterocycles. The van der Waals surface area contributed by atoms with Gasteiger partial charge in [0, 0.05) is 57.0 Å². The van der Waals surface area contributed by atoms with Gasteiger partial charge in [-0.05, 0) is 50.3 Å². The number of amides is 1. The van der Waals surface area contributed by atoms with Crippen LogP contribution < -0.4 is 5.32 Å². The Morgan fingerprint density at radius 2 is 1.76 bits per heavy atom. The van der Waals surface area contributed by atoms with E-state index in [-0.39, 0.29) is 24.8 Å². The first-order valence-corrected chi connectivity index (χ1v) is 14.5. The highest BCUT2D eigenvalue weighted by molar-refractivity contribution is 5.85. The number of aliphatic hydroxyl groups excluding tert-OH is 2. The lowest BCUT2D eigenvalue weighted by atomic mass is 9.82. The Labute approximate surface area is 227 Å². The van der Waals surface area contributed by atoms with Crippen LogP contribution in [0.1, 0.15) is 57.9 Å². The first-order valence-electron chi connectivity index (χ1n) is 14.5. The van der Waals surface area contributed by atoms with Gasteiger partial charge in [0.25, 0.3) is 0 Å². The van der Waals surface area contributed by atoms with Crippen molar-refractivity contribution in [3.8, 4) is 0 Å². The minimum Gasteiger partial charge on any atom is -0.447 e. The fourth-order valence-electron chi connectivity index (χ4n) is 6.50. The van der Waals surface area contributed by atoms with Gasteiger partial charge in [-0.25, -0.2) is 14.7 Å². The van der Waals surface area contributed by atoms with Crippen LogP contribution >= 0.6 is 0 Å². The first kappa shape index (κ1) is 27.2. The Bertz CT molecular complexity index is 988. The zero-order valence-corrected chi connectivity index (χ0v) is 23.1. The van der Waals surface area contributed by atoms with Crippen molar-refractivity contribution in [1.29, 1.82) is 0 Å². The third-order valence-electron chi connectivity index (χ3n) is 9.27. The molecule has 4 heterocycles. The van der Waals surface area contributed by atoms with E-state index in [1.54, 1.807) is 4.90 Å². The zero-order valence-electron chi connectivity index (χ0n) is 23.1. The number of carbonyl (C=O) groups excluding carboxylic acids is 1. The second-order valence-electron chi connectivity index (χ2n) is 12.3. The summed E-state index contributed by atoms with van der Waals surface area (Å²) in [5, 5.41) is 24.5. The van der Waals surface area contributed by atoms with Gasteiger partial charge in [0.05, 0.1) is 6.54 Å². The summed E-state index contributed by atoms with van der Waals surface area (Å²) in [7, 11) is 0. The number of carbonyl (C=O) groups is 1. The lowest BCUT2D eigenvalue weighted by Gasteiger charge is -2.44. The number of aliphatic hydroxyl groups is 2. The first-order chi connectivity index (χ1) is 18.3. The van der Waals surface area contributed by atoms with Gasteiger partial charge in [-0.3, -0.25) is 4.90 Å². The fraction of sp³-hybridized carbons (Fsp3) is 0.724. The molecule has 0 radical (unpaired) electrons. The quantitative estimate of drug-likeness (QED) is 0.506. The molecule has 5 rings (SSSR count). The van der Waals surface area contributed by atoms with Crippen LogP contribution in [0.3, 0.4) is 0 Å². The van der Waals surface area contributed by atoms with Crippen molar-refractivity contribution < 1.29 is 24.3 Å². The molecule has 9 nitrogen and oxygen atoms in total. The van der Waals surface area contributed by atoms with Crippen LogP contribution in [0.4, 0.5) is 10.5 Å². The van der Waals surface area contributed by atoms with Gasteiger partial charge < -0.3 is 24.7 Å². The topological polar surface area (TPSA) is 91.5 Å². The number of nitrogens with one attached hydrogen (secondary N) is 1. The number of anilines is 1. The normalized spacial score (nSPS) is 24.9. The maximum atomic E-state index is 12.7. The summed E-state index contributed by atoms with van der Waals surface area (Å²) in [6.07, 6.45) is 5.90. The van der Waals surface area contributed by atoms with E-state index in [0.717, 1.165) is 57.4 Å². The van der Waals surface area contributed by atoms with E-state index in [0.29, 0.717) is 24.5 Å². The SMILES string of the molecule is CC1(C)CCN(C2CCN(C(O)COC(=O)N3CCC([N+]4=C(O)Nc5ccccc5CC4)CC3)CC2)CC1. The lowest BCUT2D eigenvalue weighted by Crippen LogP contribution is -2.52. The van der Waals surface area contributed by atoms with Gasteiger partial charge in [-0.1, -0.05) is 32.0 Å². The molecule has 1 aromatic carbocycles. The molecule has 4 aliphatic rings. The van der Waals surface area contributed by atoms with Gasteiger partial charge in [-0.2, -0.15) is 0 Å². The average molecular weight is 529 g/mol. The summed E-state index contributed by atoms with van der Waals surface area (Å²) in [5.41, 5.74) is 2.61. The Kier molecular flexibility index (Phi) is 8.45. The van der Waals surface area contributed by atoms with E-state index in [1.807, 2.05) is 27.7 Å². The number of hydrogen-bond acceptors (Lipinski definition) is 6. The summed E-state index contributed by atoms with van der Waals surface area (Å²) in [5.74, 6) is 0. The van der Waals surface area contributed by atoms with Crippen LogP contribution in [0, 0.1) is 5.41 Å². The number of benzene rings is 1. The van der Waals surface area contributed by atoms with Crippen molar-refractivity contribution in [1.82, 2.24) is 14.7 Å². The molecule has 9 heteroatoms. The Morgan fingerprint density at radius 1 is 1.08 bits per heavy atom. The predicted molar refractivity (Wildman–Crippen MR) is 148 cm³/mol. The van der Waals surface area contributed by atoms with Crippen LogP contribution in [0.5, 0.6) is 0 Å². The second-order valence-corrected chi connectivity index (χ2v) is 12.3. The predicted octanol–water partition coefficient (Wildman–Crippen LogP) is 3.09. The number of fused-ring (bicyclic) bond motifs is 1. The molecule has 1 atom stereocenters. The van der Waals surface area contributed by atoms with E-state index in [1.165, 1.54) is 31.5 Å². The second kappa shape index (κ2) is 11.8. The van der Waals surface area contributed by atoms with E-state index in [2.05, 4.69) is 30.1 Å². The van der Waals surface area contributed by atoms with Crippen LogP contribution in [0.25, 0.3) is 0 Å². The lowest BCUT2D eigenvalue weighted by molar-refractivity contribution is -0.575.